The van der Waals surface area contributed by atoms with E-state index in [9.17, 15) is 9.59 Å². The highest BCUT2D eigenvalue weighted by Gasteiger charge is 2.33. The number of hydrogen-bond acceptors (Lipinski definition) is 6. The molecule has 0 aliphatic carbocycles. The molecule has 36 heavy (non-hydrogen) atoms. The summed E-state index contributed by atoms with van der Waals surface area (Å²) in [6.45, 7) is 4.36. The highest BCUT2D eigenvalue weighted by molar-refractivity contribution is 5.93. The molecule has 0 radical (unpaired) electrons. The summed E-state index contributed by atoms with van der Waals surface area (Å²) in [5, 5.41) is 11.5. The van der Waals surface area contributed by atoms with Crippen LogP contribution >= 0.6 is 0 Å². The van der Waals surface area contributed by atoms with Gasteiger partial charge in [-0.3, -0.25) is 9.59 Å². The molecule has 9 nitrogen and oxygen atoms in total. The van der Waals surface area contributed by atoms with Crippen molar-refractivity contribution in [3.63, 3.8) is 0 Å². The number of rotatable bonds is 6. The van der Waals surface area contributed by atoms with Gasteiger partial charge in [0.2, 0.25) is 5.91 Å². The van der Waals surface area contributed by atoms with Crippen molar-refractivity contribution in [2.24, 2.45) is 5.92 Å². The average molecular weight is 490 g/mol. The van der Waals surface area contributed by atoms with Gasteiger partial charge in [0.15, 0.2) is 5.69 Å². The number of benzene rings is 2. The van der Waals surface area contributed by atoms with Crippen LogP contribution in [0.4, 0.5) is 0 Å². The molecule has 3 heterocycles. The number of ether oxygens (including phenoxy) is 2. The van der Waals surface area contributed by atoms with Crippen LogP contribution in [-0.2, 0) is 29.2 Å². The van der Waals surface area contributed by atoms with Gasteiger partial charge in [0.1, 0.15) is 11.9 Å². The molecule has 0 spiro atoms. The molecule has 0 saturated carbocycles. The highest BCUT2D eigenvalue weighted by atomic mass is 16.5. The minimum Gasteiger partial charge on any atom is -0.497 e. The molecule has 2 aromatic carbocycles. The Kier molecular flexibility index (Phi) is 6.99. The molecule has 188 valence electrons. The number of piperidine rings is 1. The molecule has 1 atom stereocenters. The molecule has 2 aliphatic heterocycles. The molecule has 0 bridgehead atoms. The van der Waals surface area contributed by atoms with Crippen LogP contribution in [0.25, 0.3) is 0 Å². The number of aromatic nitrogens is 3. The van der Waals surface area contributed by atoms with E-state index >= 15 is 0 Å². The monoisotopic (exact) mass is 489 g/mol. The van der Waals surface area contributed by atoms with Crippen LogP contribution in [0.1, 0.15) is 51.8 Å². The van der Waals surface area contributed by atoms with Crippen LogP contribution in [0.3, 0.4) is 0 Å². The molecular weight excluding hydrogens is 458 g/mol. The van der Waals surface area contributed by atoms with Gasteiger partial charge in [-0.2, -0.15) is 0 Å². The fraction of sp³-hybridized carbons (Fsp3) is 0.407. The minimum absolute atomic E-state index is 0.0227. The molecule has 1 saturated heterocycles. The summed E-state index contributed by atoms with van der Waals surface area (Å²) < 4.78 is 13.0. The van der Waals surface area contributed by atoms with Crippen molar-refractivity contribution in [3.8, 4) is 5.75 Å². The van der Waals surface area contributed by atoms with Gasteiger partial charge in [-0.05, 0) is 43.0 Å². The number of hydrogen-bond donors (Lipinski definition) is 1. The molecule has 9 heteroatoms. The lowest BCUT2D eigenvalue weighted by atomic mass is 9.95. The number of carbonyl (C=O) groups excluding carboxylic acids is 2. The maximum absolute atomic E-state index is 13.2. The van der Waals surface area contributed by atoms with E-state index in [1.165, 1.54) is 5.56 Å². The standard InChI is InChI=1S/C27H31N5O4/c1-18-3-7-20(8-4-18)24-16-32-23(17-36-24)25(29-30-32)27(34)31-13-11-21(12-14-31)26(33)28-15-19-5-9-22(35-2)10-6-19/h3-10,21,24H,11-17H2,1-2H3,(H,28,33)/t24-/m1/s1. The van der Waals surface area contributed by atoms with Gasteiger partial charge in [0.25, 0.3) is 5.91 Å². The number of amides is 2. The molecule has 3 aromatic rings. The van der Waals surface area contributed by atoms with Crippen LogP contribution in [0, 0.1) is 12.8 Å². The molecule has 5 rings (SSSR count). The Bertz CT molecular complexity index is 1210. The number of methoxy groups -OCH3 is 1. The number of nitrogens with zero attached hydrogens (tertiary/aromatic N) is 4. The van der Waals surface area contributed by atoms with Gasteiger partial charge in [-0.15, -0.1) is 5.10 Å². The quantitative estimate of drug-likeness (QED) is 0.572. The zero-order valence-electron chi connectivity index (χ0n) is 20.6. The first-order valence-corrected chi connectivity index (χ1v) is 12.3. The van der Waals surface area contributed by atoms with E-state index in [1.54, 1.807) is 16.7 Å². The third-order valence-electron chi connectivity index (χ3n) is 7.03. The Morgan fingerprint density at radius 1 is 1.08 bits per heavy atom. The lowest BCUT2D eigenvalue weighted by Crippen LogP contribution is -2.43. The summed E-state index contributed by atoms with van der Waals surface area (Å²) in [5.41, 5.74) is 4.35. The van der Waals surface area contributed by atoms with Crippen LogP contribution in [-0.4, -0.2) is 51.9 Å². The Morgan fingerprint density at radius 2 is 1.81 bits per heavy atom. The fourth-order valence-corrected chi connectivity index (χ4v) is 4.73. The van der Waals surface area contributed by atoms with E-state index in [2.05, 4.69) is 46.8 Å². The van der Waals surface area contributed by atoms with Crippen molar-refractivity contribution < 1.29 is 19.1 Å². The Labute approximate surface area is 210 Å². The number of fused-ring (bicyclic) bond motifs is 1. The molecule has 2 amide bonds. The van der Waals surface area contributed by atoms with Gasteiger partial charge in [-0.1, -0.05) is 47.2 Å². The van der Waals surface area contributed by atoms with E-state index in [1.807, 2.05) is 24.3 Å². The normalized spacial score (nSPS) is 17.9. The van der Waals surface area contributed by atoms with Crippen LogP contribution in [0.15, 0.2) is 48.5 Å². The predicted molar refractivity (Wildman–Crippen MR) is 132 cm³/mol. The third-order valence-corrected chi connectivity index (χ3v) is 7.03. The van der Waals surface area contributed by atoms with E-state index in [0.29, 0.717) is 50.4 Å². The van der Waals surface area contributed by atoms with Crippen LogP contribution < -0.4 is 10.1 Å². The van der Waals surface area contributed by atoms with Gasteiger partial charge >= 0.3 is 0 Å². The third kappa shape index (κ3) is 5.11. The van der Waals surface area contributed by atoms with E-state index in [-0.39, 0.29) is 30.4 Å². The predicted octanol–water partition coefficient (Wildman–Crippen LogP) is 3.04. The molecule has 1 aromatic heterocycles. The molecule has 1 fully saturated rings. The molecule has 0 unspecified atom stereocenters. The van der Waals surface area contributed by atoms with E-state index in [0.717, 1.165) is 16.9 Å². The summed E-state index contributed by atoms with van der Waals surface area (Å²) in [4.78, 5) is 27.6. The first-order chi connectivity index (χ1) is 17.5. The topological polar surface area (TPSA) is 98.6 Å². The van der Waals surface area contributed by atoms with Crippen molar-refractivity contribution in [1.82, 2.24) is 25.2 Å². The maximum Gasteiger partial charge on any atom is 0.276 e. The Balaban J connectivity index is 1.14. The zero-order valence-corrected chi connectivity index (χ0v) is 20.6. The van der Waals surface area contributed by atoms with Crippen LogP contribution in [0.2, 0.25) is 0 Å². The Hall–Kier alpha value is -3.72. The van der Waals surface area contributed by atoms with Gasteiger partial charge in [0, 0.05) is 25.6 Å². The zero-order chi connectivity index (χ0) is 25.1. The number of aryl methyl sites for hydroxylation is 1. The lowest BCUT2D eigenvalue weighted by molar-refractivity contribution is -0.126. The second kappa shape index (κ2) is 10.5. The molecular formula is C27H31N5O4. The van der Waals surface area contributed by atoms with Gasteiger partial charge < -0.3 is 19.7 Å². The van der Waals surface area contributed by atoms with Crippen molar-refractivity contribution in [2.75, 3.05) is 20.2 Å². The summed E-state index contributed by atoms with van der Waals surface area (Å²) in [7, 11) is 1.63. The largest absolute Gasteiger partial charge is 0.497 e. The van der Waals surface area contributed by atoms with Crippen molar-refractivity contribution in [2.45, 2.75) is 45.6 Å². The number of nitrogens with one attached hydrogen (secondary N) is 1. The first kappa shape index (κ1) is 24.0. The van der Waals surface area contributed by atoms with Crippen molar-refractivity contribution >= 4 is 11.8 Å². The summed E-state index contributed by atoms with van der Waals surface area (Å²) in [5.74, 6) is 0.550. The average Bonchev–Trinajstić information content (AvgIpc) is 3.35. The molecule has 1 N–H and O–H groups in total. The summed E-state index contributed by atoms with van der Waals surface area (Å²) >= 11 is 0. The van der Waals surface area contributed by atoms with E-state index < -0.39 is 0 Å². The van der Waals surface area contributed by atoms with Crippen LogP contribution in [0.5, 0.6) is 5.75 Å². The van der Waals surface area contributed by atoms with E-state index in [4.69, 9.17) is 9.47 Å². The minimum atomic E-state index is -0.147. The maximum atomic E-state index is 13.2. The summed E-state index contributed by atoms with van der Waals surface area (Å²) in [6, 6.07) is 15.9. The van der Waals surface area contributed by atoms with Crippen molar-refractivity contribution in [3.05, 3.63) is 76.6 Å². The first-order valence-electron chi connectivity index (χ1n) is 12.3. The van der Waals surface area contributed by atoms with Gasteiger partial charge in [-0.25, -0.2) is 4.68 Å². The Morgan fingerprint density at radius 3 is 2.50 bits per heavy atom. The smallest absolute Gasteiger partial charge is 0.276 e. The molecule has 2 aliphatic rings. The number of carbonyl (C=O) groups is 2. The lowest BCUT2D eigenvalue weighted by Gasteiger charge is -2.31. The second-order valence-corrected chi connectivity index (χ2v) is 9.41. The second-order valence-electron chi connectivity index (χ2n) is 9.41. The number of likely N-dealkylation sites (tertiary alicyclic amines) is 1. The highest BCUT2D eigenvalue weighted by Crippen LogP contribution is 2.28. The van der Waals surface area contributed by atoms with Crippen molar-refractivity contribution in [1.29, 1.82) is 0 Å². The van der Waals surface area contributed by atoms with Gasteiger partial charge in [0.05, 0.1) is 26.0 Å². The fourth-order valence-electron chi connectivity index (χ4n) is 4.73. The SMILES string of the molecule is COc1ccc(CNC(=O)C2CCN(C(=O)c3nnn4c3CO[C@@H](c3ccc(C)cc3)C4)CC2)cc1. The summed E-state index contributed by atoms with van der Waals surface area (Å²) in [6.07, 6.45) is 1.13.